The molecule has 3 aromatic rings. The van der Waals surface area contributed by atoms with Gasteiger partial charge in [-0.05, 0) is 12.8 Å². The largest absolute Gasteiger partial charge is 0.369 e. The highest BCUT2D eigenvalue weighted by Gasteiger charge is 2.27. The van der Waals surface area contributed by atoms with Crippen molar-refractivity contribution in [3.8, 4) is 11.4 Å². The molecule has 0 aliphatic heterocycles. The van der Waals surface area contributed by atoms with E-state index < -0.39 is 0 Å². The molecule has 2 aromatic heterocycles. The maximum absolute atomic E-state index is 6.07. The Morgan fingerprint density at radius 3 is 2.75 bits per heavy atom. The Labute approximate surface area is 144 Å². The number of aromatic amines is 1. The summed E-state index contributed by atoms with van der Waals surface area (Å²) in [6.07, 6.45) is 3.03. The van der Waals surface area contributed by atoms with Crippen molar-refractivity contribution in [2.24, 2.45) is 0 Å². The zero-order valence-electron chi connectivity index (χ0n) is 13.0. The molecule has 6 nitrogen and oxygen atoms in total. The third-order valence-corrected chi connectivity index (χ3v) is 4.08. The monoisotopic (exact) mass is 340 g/mol. The van der Waals surface area contributed by atoms with Crippen LogP contribution in [0.3, 0.4) is 0 Å². The molecule has 0 atom stereocenters. The van der Waals surface area contributed by atoms with Gasteiger partial charge in [0.05, 0.1) is 0 Å². The predicted octanol–water partition coefficient (Wildman–Crippen LogP) is 3.45. The van der Waals surface area contributed by atoms with E-state index in [4.69, 9.17) is 11.6 Å². The van der Waals surface area contributed by atoms with E-state index in [0.717, 1.165) is 42.3 Å². The lowest BCUT2D eigenvalue weighted by atomic mass is 10.2. The van der Waals surface area contributed by atoms with Crippen LogP contribution >= 0.6 is 11.6 Å². The second kappa shape index (κ2) is 6.57. The van der Waals surface area contributed by atoms with Gasteiger partial charge in [0.15, 0.2) is 5.82 Å². The molecular formula is C17H17ClN6. The van der Waals surface area contributed by atoms with E-state index in [1.165, 1.54) is 0 Å². The van der Waals surface area contributed by atoms with Crippen LogP contribution in [0.25, 0.3) is 11.4 Å². The molecule has 4 rings (SSSR count). The van der Waals surface area contributed by atoms with E-state index in [9.17, 15) is 0 Å². The van der Waals surface area contributed by atoms with Gasteiger partial charge in [-0.3, -0.25) is 5.10 Å². The van der Waals surface area contributed by atoms with Crippen LogP contribution in [0.4, 0.5) is 5.82 Å². The van der Waals surface area contributed by atoms with Crippen molar-refractivity contribution in [2.45, 2.75) is 25.2 Å². The molecule has 0 amide bonds. The third-order valence-electron chi connectivity index (χ3n) is 3.89. The first-order valence-electron chi connectivity index (χ1n) is 8.03. The van der Waals surface area contributed by atoms with Crippen LogP contribution in [0.2, 0.25) is 5.15 Å². The van der Waals surface area contributed by atoms with Gasteiger partial charge < -0.3 is 5.32 Å². The molecule has 0 saturated heterocycles. The molecule has 1 aromatic carbocycles. The Balaban J connectivity index is 1.37. The second-order valence-electron chi connectivity index (χ2n) is 5.86. The number of hydrogen-bond acceptors (Lipinski definition) is 5. The van der Waals surface area contributed by atoms with E-state index in [-0.39, 0.29) is 0 Å². The van der Waals surface area contributed by atoms with Crippen LogP contribution in [-0.4, -0.2) is 31.7 Å². The summed E-state index contributed by atoms with van der Waals surface area (Å²) in [6.45, 7) is 0.695. The Morgan fingerprint density at radius 2 is 1.96 bits per heavy atom. The van der Waals surface area contributed by atoms with Gasteiger partial charge in [0.1, 0.15) is 22.6 Å². The highest BCUT2D eigenvalue weighted by Crippen LogP contribution is 2.38. The molecule has 2 heterocycles. The number of anilines is 1. The smallest absolute Gasteiger partial charge is 0.181 e. The highest BCUT2D eigenvalue weighted by molar-refractivity contribution is 6.29. The summed E-state index contributed by atoms with van der Waals surface area (Å²) in [5, 5.41) is 11.0. The minimum atomic E-state index is 0.479. The van der Waals surface area contributed by atoms with Crippen molar-refractivity contribution in [1.29, 1.82) is 0 Å². The van der Waals surface area contributed by atoms with Crippen molar-refractivity contribution in [3.05, 3.63) is 53.2 Å². The standard InChI is InChI=1S/C17H17ClN6/c18-13-10-15(22-16(20-13)12-6-7-12)19-9-8-14-21-17(24-23-14)11-4-2-1-3-5-11/h1-5,10,12H,6-9H2,(H,19,20,22)(H,21,23,24). The molecule has 0 bridgehead atoms. The molecule has 7 heteroatoms. The molecule has 0 spiro atoms. The van der Waals surface area contributed by atoms with Crippen LogP contribution in [-0.2, 0) is 6.42 Å². The summed E-state index contributed by atoms with van der Waals surface area (Å²) in [6, 6.07) is 11.7. The van der Waals surface area contributed by atoms with Gasteiger partial charge in [0, 0.05) is 30.5 Å². The zero-order chi connectivity index (χ0) is 16.4. The van der Waals surface area contributed by atoms with E-state index in [1.807, 2.05) is 30.3 Å². The Hall–Kier alpha value is -2.47. The molecular weight excluding hydrogens is 324 g/mol. The third kappa shape index (κ3) is 3.54. The van der Waals surface area contributed by atoms with Crippen molar-refractivity contribution >= 4 is 17.4 Å². The lowest BCUT2D eigenvalue weighted by Crippen LogP contribution is -2.09. The van der Waals surface area contributed by atoms with E-state index in [0.29, 0.717) is 23.4 Å². The zero-order valence-corrected chi connectivity index (χ0v) is 13.8. The van der Waals surface area contributed by atoms with Gasteiger partial charge in [0.2, 0.25) is 0 Å². The minimum Gasteiger partial charge on any atom is -0.369 e. The Kier molecular flexibility index (Phi) is 4.13. The van der Waals surface area contributed by atoms with Gasteiger partial charge in [0.25, 0.3) is 0 Å². The summed E-state index contributed by atoms with van der Waals surface area (Å²) in [5.41, 5.74) is 1.00. The van der Waals surface area contributed by atoms with Crippen LogP contribution < -0.4 is 5.32 Å². The lowest BCUT2D eigenvalue weighted by Gasteiger charge is -2.06. The topological polar surface area (TPSA) is 79.4 Å². The number of hydrogen-bond donors (Lipinski definition) is 2. The van der Waals surface area contributed by atoms with Gasteiger partial charge in [-0.2, -0.15) is 5.10 Å². The fourth-order valence-corrected chi connectivity index (χ4v) is 2.67. The molecule has 2 N–H and O–H groups in total. The number of benzene rings is 1. The molecule has 1 saturated carbocycles. The summed E-state index contributed by atoms with van der Waals surface area (Å²) < 4.78 is 0. The average Bonchev–Trinajstić information content (AvgIpc) is 3.34. The van der Waals surface area contributed by atoms with Crippen LogP contribution in [0, 0.1) is 0 Å². The van der Waals surface area contributed by atoms with Crippen molar-refractivity contribution in [1.82, 2.24) is 25.1 Å². The number of nitrogens with zero attached hydrogens (tertiary/aromatic N) is 4. The maximum atomic E-state index is 6.07. The molecule has 1 fully saturated rings. The van der Waals surface area contributed by atoms with E-state index in [1.54, 1.807) is 6.07 Å². The first-order chi connectivity index (χ1) is 11.8. The predicted molar refractivity (Wildman–Crippen MR) is 93.0 cm³/mol. The summed E-state index contributed by atoms with van der Waals surface area (Å²) >= 11 is 6.07. The molecule has 122 valence electrons. The molecule has 1 aliphatic rings. The van der Waals surface area contributed by atoms with Crippen molar-refractivity contribution in [3.63, 3.8) is 0 Å². The summed E-state index contributed by atoms with van der Waals surface area (Å²) in [4.78, 5) is 13.3. The van der Waals surface area contributed by atoms with Gasteiger partial charge in [-0.1, -0.05) is 41.9 Å². The molecule has 0 radical (unpaired) electrons. The maximum Gasteiger partial charge on any atom is 0.181 e. The first kappa shape index (κ1) is 15.1. The fraction of sp³-hybridized carbons (Fsp3) is 0.294. The van der Waals surface area contributed by atoms with Gasteiger partial charge >= 0.3 is 0 Å². The van der Waals surface area contributed by atoms with Crippen molar-refractivity contribution < 1.29 is 0 Å². The van der Waals surface area contributed by atoms with Crippen molar-refractivity contribution in [2.75, 3.05) is 11.9 Å². The quantitative estimate of drug-likeness (QED) is 0.672. The number of rotatable bonds is 6. The fourth-order valence-electron chi connectivity index (χ4n) is 2.48. The Morgan fingerprint density at radius 1 is 1.12 bits per heavy atom. The minimum absolute atomic E-state index is 0.479. The summed E-state index contributed by atoms with van der Waals surface area (Å²) in [7, 11) is 0. The number of nitrogens with one attached hydrogen (secondary N) is 2. The average molecular weight is 341 g/mol. The van der Waals surface area contributed by atoms with Crippen LogP contribution in [0.1, 0.15) is 30.4 Å². The SMILES string of the molecule is Clc1cc(NCCc2nc(-c3ccccc3)n[nH]2)nc(C2CC2)n1. The van der Waals surface area contributed by atoms with Crippen LogP contribution in [0.15, 0.2) is 36.4 Å². The molecule has 1 aliphatic carbocycles. The number of aromatic nitrogens is 5. The van der Waals surface area contributed by atoms with Crippen LogP contribution in [0.5, 0.6) is 0 Å². The summed E-state index contributed by atoms with van der Waals surface area (Å²) in [5.74, 6) is 3.64. The first-order valence-corrected chi connectivity index (χ1v) is 8.41. The number of halogens is 1. The second-order valence-corrected chi connectivity index (χ2v) is 6.24. The highest BCUT2D eigenvalue weighted by atomic mass is 35.5. The normalized spacial score (nSPS) is 13.9. The van der Waals surface area contributed by atoms with Gasteiger partial charge in [-0.25, -0.2) is 15.0 Å². The molecule has 0 unspecified atom stereocenters. The lowest BCUT2D eigenvalue weighted by molar-refractivity contribution is 0.882. The molecule has 24 heavy (non-hydrogen) atoms. The number of H-pyrrole nitrogens is 1. The van der Waals surface area contributed by atoms with E-state index >= 15 is 0 Å². The van der Waals surface area contributed by atoms with E-state index in [2.05, 4.69) is 30.5 Å². The van der Waals surface area contributed by atoms with Gasteiger partial charge in [-0.15, -0.1) is 0 Å². The Bertz CT molecular complexity index is 828.